The molecule has 0 atom stereocenters. The Balaban J connectivity index is 2.33. The van der Waals surface area contributed by atoms with Crippen molar-refractivity contribution in [1.29, 1.82) is 0 Å². The van der Waals surface area contributed by atoms with Crippen LogP contribution in [-0.2, 0) is 6.18 Å². The summed E-state index contributed by atoms with van der Waals surface area (Å²) in [6.45, 7) is 0. The van der Waals surface area contributed by atoms with Crippen LogP contribution in [0.5, 0.6) is 0 Å². The fourth-order valence-electron chi connectivity index (χ4n) is 1.05. The Morgan fingerprint density at radius 1 is 1.13 bits per heavy atom. The summed E-state index contributed by atoms with van der Waals surface area (Å²) in [5, 5.41) is 2.42. The van der Waals surface area contributed by atoms with E-state index in [9.17, 15) is 13.2 Å². The lowest BCUT2D eigenvalue weighted by atomic mass is 10.2. The minimum atomic E-state index is -4.39. The predicted molar refractivity (Wildman–Crippen MR) is 50.3 cm³/mol. The van der Waals surface area contributed by atoms with Crippen LogP contribution in [0.2, 0.25) is 0 Å². The lowest BCUT2D eigenvalue weighted by molar-refractivity contribution is -0.141. The molecule has 15 heavy (non-hydrogen) atoms. The second kappa shape index (κ2) is 3.62. The first kappa shape index (κ1) is 10.1. The Morgan fingerprint density at radius 2 is 1.93 bits per heavy atom. The van der Waals surface area contributed by atoms with Crippen LogP contribution >= 0.6 is 11.3 Å². The molecular formula is C9H5F3N2S. The fraction of sp³-hybridized carbons (Fsp3) is 0.111. The summed E-state index contributed by atoms with van der Waals surface area (Å²) in [4.78, 5) is 7.32. The van der Waals surface area contributed by atoms with Crippen molar-refractivity contribution in [2.24, 2.45) is 0 Å². The van der Waals surface area contributed by atoms with Crippen LogP contribution < -0.4 is 0 Å². The molecule has 2 rings (SSSR count). The van der Waals surface area contributed by atoms with E-state index in [2.05, 4.69) is 9.97 Å². The number of alkyl halides is 3. The summed E-state index contributed by atoms with van der Waals surface area (Å²) in [6.07, 6.45) is -1.61. The Bertz CT molecular complexity index is 433. The summed E-state index contributed by atoms with van der Waals surface area (Å²) < 4.78 is 36.6. The highest BCUT2D eigenvalue weighted by atomic mass is 32.1. The SMILES string of the molecule is FC(F)(F)c1ccc(-c2nccs2)cn1. The zero-order valence-corrected chi connectivity index (χ0v) is 8.14. The van der Waals surface area contributed by atoms with E-state index in [1.54, 1.807) is 11.6 Å². The highest BCUT2D eigenvalue weighted by molar-refractivity contribution is 7.13. The first-order chi connectivity index (χ1) is 7.07. The molecule has 2 aromatic rings. The standard InChI is InChI=1S/C9H5F3N2S/c10-9(11,12)7-2-1-6(5-14-7)8-13-3-4-15-8/h1-5H. The zero-order chi connectivity index (χ0) is 10.9. The maximum absolute atomic E-state index is 12.2. The van der Waals surface area contributed by atoms with Gasteiger partial charge in [-0.2, -0.15) is 13.2 Å². The molecule has 0 spiro atoms. The average Bonchev–Trinajstić information content (AvgIpc) is 2.69. The predicted octanol–water partition coefficient (Wildman–Crippen LogP) is 3.22. The molecule has 0 N–H and O–H groups in total. The van der Waals surface area contributed by atoms with Gasteiger partial charge in [-0.05, 0) is 12.1 Å². The number of aromatic nitrogens is 2. The third-order valence-electron chi connectivity index (χ3n) is 1.73. The van der Waals surface area contributed by atoms with E-state index in [0.29, 0.717) is 10.6 Å². The highest BCUT2D eigenvalue weighted by Gasteiger charge is 2.32. The molecule has 6 heteroatoms. The van der Waals surface area contributed by atoms with Gasteiger partial charge in [0, 0.05) is 23.3 Å². The van der Waals surface area contributed by atoms with Crippen molar-refractivity contribution < 1.29 is 13.2 Å². The molecule has 2 aromatic heterocycles. The number of nitrogens with zero attached hydrogens (tertiary/aromatic N) is 2. The van der Waals surface area contributed by atoms with Crippen molar-refractivity contribution >= 4 is 11.3 Å². The second-order valence-corrected chi connectivity index (χ2v) is 3.66. The summed E-state index contributed by atoms with van der Waals surface area (Å²) >= 11 is 1.36. The van der Waals surface area contributed by atoms with Gasteiger partial charge >= 0.3 is 6.18 Å². The van der Waals surface area contributed by atoms with Crippen LogP contribution in [0.1, 0.15) is 5.69 Å². The molecule has 0 amide bonds. The number of thiazole rings is 1. The van der Waals surface area contributed by atoms with Crippen molar-refractivity contribution in [3.05, 3.63) is 35.6 Å². The third kappa shape index (κ3) is 2.15. The average molecular weight is 230 g/mol. The molecule has 0 aliphatic rings. The van der Waals surface area contributed by atoms with Gasteiger partial charge in [0.15, 0.2) is 0 Å². The number of hydrogen-bond donors (Lipinski definition) is 0. The molecule has 0 aromatic carbocycles. The van der Waals surface area contributed by atoms with E-state index in [1.165, 1.54) is 23.6 Å². The Labute approximate surface area is 87.4 Å². The lowest BCUT2D eigenvalue weighted by Gasteiger charge is -2.04. The van der Waals surface area contributed by atoms with E-state index >= 15 is 0 Å². The summed E-state index contributed by atoms with van der Waals surface area (Å²) in [5.74, 6) is 0. The van der Waals surface area contributed by atoms with E-state index in [-0.39, 0.29) is 0 Å². The van der Waals surface area contributed by atoms with Crippen LogP contribution in [0.15, 0.2) is 29.9 Å². The molecule has 2 nitrogen and oxygen atoms in total. The first-order valence-corrected chi connectivity index (χ1v) is 4.88. The summed E-state index contributed by atoms with van der Waals surface area (Å²) in [5.41, 5.74) is -0.291. The van der Waals surface area contributed by atoms with Gasteiger partial charge in [-0.25, -0.2) is 4.98 Å². The second-order valence-electron chi connectivity index (χ2n) is 2.77. The topological polar surface area (TPSA) is 25.8 Å². The van der Waals surface area contributed by atoms with Gasteiger partial charge < -0.3 is 0 Å². The first-order valence-electron chi connectivity index (χ1n) is 4.00. The molecule has 0 radical (unpaired) electrons. The minimum absolute atomic E-state index is 0.595. The normalized spacial score (nSPS) is 11.7. The quantitative estimate of drug-likeness (QED) is 0.751. The number of halogens is 3. The van der Waals surface area contributed by atoms with E-state index in [4.69, 9.17) is 0 Å². The monoisotopic (exact) mass is 230 g/mol. The van der Waals surface area contributed by atoms with Gasteiger partial charge in [0.1, 0.15) is 10.7 Å². The van der Waals surface area contributed by atoms with Crippen LogP contribution in [0.4, 0.5) is 13.2 Å². The molecule has 0 aliphatic carbocycles. The number of rotatable bonds is 1. The molecule has 2 heterocycles. The molecule has 0 unspecified atom stereocenters. The smallest absolute Gasteiger partial charge is 0.251 e. The third-order valence-corrected chi connectivity index (χ3v) is 2.56. The van der Waals surface area contributed by atoms with Gasteiger partial charge in [-0.3, -0.25) is 4.98 Å². The highest BCUT2D eigenvalue weighted by Crippen LogP contribution is 2.29. The number of hydrogen-bond acceptors (Lipinski definition) is 3. The Morgan fingerprint density at radius 3 is 2.40 bits per heavy atom. The maximum atomic E-state index is 12.2. The van der Waals surface area contributed by atoms with Gasteiger partial charge in [0.2, 0.25) is 0 Å². The number of pyridine rings is 1. The molecule has 0 fully saturated rings. The van der Waals surface area contributed by atoms with E-state index < -0.39 is 11.9 Å². The van der Waals surface area contributed by atoms with Gasteiger partial charge in [0.05, 0.1) is 0 Å². The molecule has 0 saturated heterocycles. The summed E-state index contributed by atoms with van der Waals surface area (Å²) in [6, 6.07) is 2.32. The van der Waals surface area contributed by atoms with Crippen LogP contribution in [-0.4, -0.2) is 9.97 Å². The Hall–Kier alpha value is -1.43. The van der Waals surface area contributed by atoms with Crippen molar-refractivity contribution in [3.8, 4) is 10.6 Å². The van der Waals surface area contributed by atoms with Gasteiger partial charge in [-0.1, -0.05) is 0 Å². The maximum Gasteiger partial charge on any atom is 0.433 e. The van der Waals surface area contributed by atoms with Crippen LogP contribution in [0.3, 0.4) is 0 Å². The van der Waals surface area contributed by atoms with Crippen molar-refractivity contribution in [2.75, 3.05) is 0 Å². The lowest BCUT2D eigenvalue weighted by Crippen LogP contribution is -2.07. The zero-order valence-electron chi connectivity index (χ0n) is 7.32. The van der Waals surface area contributed by atoms with Crippen LogP contribution in [0.25, 0.3) is 10.6 Å². The van der Waals surface area contributed by atoms with Gasteiger partial charge in [0.25, 0.3) is 0 Å². The fourth-order valence-corrected chi connectivity index (χ4v) is 1.68. The molecular weight excluding hydrogens is 225 g/mol. The van der Waals surface area contributed by atoms with Gasteiger partial charge in [-0.15, -0.1) is 11.3 Å². The van der Waals surface area contributed by atoms with E-state index in [1.807, 2.05) is 0 Å². The van der Waals surface area contributed by atoms with E-state index in [0.717, 1.165) is 6.07 Å². The molecule has 0 saturated carbocycles. The van der Waals surface area contributed by atoms with Crippen molar-refractivity contribution in [3.63, 3.8) is 0 Å². The van der Waals surface area contributed by atoms with Crippen LogP contribution in [0, 0.1) is 0 Å². The molecule has 78 valence electrons. The Kier molecular flexibility index (Phi) is 2.44. The molecule has 0 bridgehead atoms. The molecule has 0 aliphatic heterocycles. The largest absolute Gasteiger partial charge is 0.433 e. The van der Waals surface area contributed by atoms with Crippen molar-refractivity contribution in [2.45, 2.75) is 6.18 Å². The van der Waals surface area contributed by atoms with Crippen molar-refractivity contribution in [1.82, 2.24) is 9.97 Å². The summed E-state index contributed by atoms with van der Waals surface area (Å²) in [7, 11) is 0. The minimum Gasteiger partial charge on any atom is -0.251 e.